The van der Waals surface area contributed by atoms with Crippen LogP contribution in [-0.4, -0.2) is 34.8 Å². The first kappa shape index (κ1) is 19.9. The molecular formula is C24H21N7O. The topological polar surface area (TPSA) is 116 Å². The Morgan fingerprint density at radius 3 is 2.69 bits per heavy atom. The van der Waals surface area contributed by atoms with Crippen molar-refractivity contribution < 1.29 is 5.11 Å². The highest BCUT2D eigenvalue weighted by Gasteiger charge is 2.16. The van der Waals surface area contributed by atoms with Gasteiger partial charge in [-0.25, -0.2) is 19.6 Å². The lowest BCUT2D eigenvalue weighted by Gasteiger charge is -2.11. The van der Waals surface area contributed by atoms with Crippen molar-refractivity contribution in [2.75, 3.05) is 0 Å². The third-order valence-corrected chi connectivity index (χ3v) is 5.25. The van der Waals surface area contributed by atoms with E-state index in [1.807, 2.05) is 49.4 Å². The van der Waals surface area contributed by atoms with E-state index in [1.54, 1.807) is 23.1 Å². The number of fused-ring (bicyclic) bond motifs is 1. The highest BCUT2D eigenvalue weighted by atomic mass is 16.3. The number of aromatic nitrogens is 6. The van der Waals surface area contributed by atoms with Gasteiger partial charge in [-0.3, -0.25) is 4.98 Å². The van der Waals surface area contributed by atoms with Crippen molar-refractivity contribution in [3.8, 4) is 28.3 Å². The lowest BCUT2D eigenvalue weighted by atomic mass is 10.0. The van der Waals surface area contributed by atoms with Crippen LogP contribution in [-0.2, 0) is 6.61 Å². The summed E-state index contributed by atoms with van der Waals surface area (Å²) in [6, 6.07) is 17.1. The molecule has 0 aliphatic carbocycles. The van der Waals surface area contributed by atoms with Gasteiger partial charge in [-0.15, -0.1) is 0 Å². The second-order valence-corrected chi connectivity index (χ2v) is 7.49. The number of aliphatic hydroxyl groups is 1. The Labute approximate surface area is 184 Å². The van der Waals surface area contributed by atoms with E-state index in [4.69, 9.17) is 10.7 Å². The van der Waals surface area contributed by atoms with Crippen LogP contribution in [0, 0.1) is 0 Å². The summed E-state index contributed by atoms with van der Waals surface area (Å²) in [5.74, 6) is 0.620. The lowest BCUT2D eigenvalue weighted by Crippen LogP contribution is -2.07. The first-order valence-electron chi connectivity index (χ1n) is 10.2. The molecule has 8 heteroatoms. The van der Waals surface area contributed by atoms with Crippen molar-refractivity contribution in [1.82, 2.24) is 29.7 Å². The molecule has 8 nitrogen and oxygen atoms in total. The fraction of sp³-hybridized carbons (Fsp3) is 0.125. The molecule has 4 heterocycles. The second kappa shape index (κ2) is 8.26. The van der Waals surface area contributed by atoms with Crippen LogP contribution in [0.5, 0.6) is 0 Å². The monoisotopic (exact) mass is 423 g/mol. The fourth-order valence-corrected chi connectivity index (χ4v) is 3.66. The van der Waals surface area contributed by atoms with Crippen LogP contribution in [0.1, 0.15) is 24.4 Å². The average Bonchev–Trinajstić information content (AvgIpc) is 3.28. The number of pyridine rings is 2. The molecule has 32 heavy (non-hydrogen) atoms. The van der Waals surface area contributed by atoms with E-state index in [0.717, 1.165) is 39.1 Å². The minimum absolute atomic E-state index is 0.140. The molecule has 0 radical (unpaired) electrons. The third kappa shape index (κ3) is 3.62. The minimum Gasteiger partial charge on any atom is -0.390 e. The Hall–Kier alpha value is -4.01. The van der Waals surface area contributed by atoms with Gasteiger partial charge in [-0.05, 0) is 49.4 Å². The molecule has 158 valence electrons. The number of rotatable bonds is 5. The Kier molecular flexibility index (Phi) is 5.14. The number of hydrogen-bond acceptors (Lipinski definition) is 7. The summed E-state index contributed by atoms with van der Waals surface area (Å²) >= 11 is 0. The normalized spacial score (nSPS) is 12.2. The third-order valence-electron chi connectivity index (χ3n) is 5.25. The zero-order valence-electron chi connectivity index (χ0n) is 17.4. The van der Waals surface area contributed by atoms with E-state index < -0.39 is 0 Å². The largest absolute Gasteiger partial charge is 0.390 e. The predicted octanol–water partition coefficient (Wildman–Crippen LogP) is 3.45. The van der Waals surface area contributed by atoms with Crippen molar-refractivity contribution >= 4 is 10.9 Å². The van der Waals surface area contributed by atoms with Gasteiger partial charge in [0, 0.05) is 28.8 Å². The standard InChI is InChI=1S/C24H21N7O/c1-15(25)20-5-3-6-21(30-20)16-10-18(22-8-9-26-14-27-22)19-12-28-31(23(19)11-16)24-7-2-4-17(13-32)29-24/h2-12,14-15,32H,13,25H2,1H3/t15-/m0/s1. The molecule has 0 bridgehead atoms. The molecule has 5 aromatic rings. The zero-order chi connectivity index (χ0) is 22.1. The Bertz CT molecular complexity index is 1400. The van der Waals surface area contributed by atoms with Gasteiger partial charge in [0.15, 0.2) is 5.82 Å². The molecule has 5 rings (SSSR count). The Morgan fingerprint density at radius 2 is 1.91 bits per heavy atom. The Morgan fingerprint density at radius 1 is 1.03 bits per heavy atom. The van der Waals surface area contributed by atoms with E-state index >= 15 is 0 Å². The van der Waals surface area contributed by atoms with E-state index in [-0.39, 0.29) is 12.6 Å². The zero-order valence-corrected chi connectivity index (χ0v) is 17.4. The molecule has 0 spiro atoms. The van der Waals surface area contributed by atoms with Crippen LogP contribution in [0.3, 0.4) is 0 Å². The average molecular weight is 423 g/mol. The molecule has 4 aromatic heterocycles. The van der Waals surface area contributed by atoms with Gasteiger partial charge in [0.05, 0.1) is 41.1 Å². The molecule has 0 fully saturated rings. The number of nitrogens with zero attached hydrogens (tertiary/aromatic N) is 6. The first-order valence-corrected chi connectivity index (χ1v) is 10.2. The molecule has 0 aliphatic rings. The van der Waals surface area contributed by atoms with E-state index in [1.165, 1.54) is 6.33 Å². The van der Waals surface area contributed by atoms with Crippen molar-refractivity contribution in [3.05, 3.63) is 84.7 Å². The van der Waals surface area contributed by atoms with Gasteiger partial charge in [-0.2, -0.15) is 5.10 Å². The maximum Gasteiger partial charge on any atom is 0.154 e. The Balaban J connectivity index is 1.77. The first-order chi connectivity index (χ1) is 15.6. The van der Waals surface area contributed by atoms with Crippen LogP contribution in [0.15, 0.2) is 73.3 Å². The molecule has 1 aromatic carbocycles. The molecule has 1 atom stereocenters. The predicted molar refractivity (Wildman–Crippen MR) is 122 cm³/mol. The summed E-state index contributed by atoms with van der Waals surface area (Å²) in [5, 5.41) is 15.0. The molecule has 0 aliphatic heterocycles. The van der Waals surface area contributed by atoms with Gasteiger partial charge in [0.2, 0.25) is 0 Å². The van der Waals surface area contributed by atoms with Crippen LogP contribution < -0.4 is 5.73 Å². The summed E-state index contributed by atoms with van der Waals surface area (Å²) in [6.45, 7) is 1.77. The maximum atomic E-state index is 9.50. The molecule has 3 N–H and O–H groups in total. The second-order valence-electron chi connectivity index (χ2n) is 7.49. The fourth-order valence-electron chi connectivity index (χ4n) is 3.66. The van der Waals surface area contributed by atoms with Gasteiger partial charge in [0.25, 0.3) is 0 Å². The van der Waals surface area contributed by atoms with Crippen molar-refractivity contribution in [2.24, 2.45) is 5.73 Å². The molecule has 0 amide bonds. The maximum absolute atomic E-state index is 9.50. The van der Waals surface area contributed by atoms with Crippen LogP contribution >= 0.6 is 0 Å². The van der Waals surface area contributed by atoms with Crippen LogP contribution in [0.25, 0.3) is 39.2 Å². The van der Waals surface area contributed by atoms with Crippen molar-refractivity contribution in [2.45, 2.75) is 19.6 Å². The smallest absolute Gasteiger partial charge is 0.154 e. The number of benzene rings is 1. The molecule has 0 saturated carbocycles. The van der Waals surface area contributed by atoms with E-state index in [0.29, 0.717) is 11.5 Å². The van der Waals surface area contributed by atoms with Crippen molar-refractivity contribution in [3.63, 3.8) is 0 Å². The summed E-state index contributed by atoms with van der Waals surface area (Å²) < 4.78 is 1.76. The number of nitrogens with two attached hydrogens (primary N) is 1. The highest BCUT2D eigenvalue weighted by Crippen LogP contribution is 2.33. The van der Waals surface area contributed by atoms with Crippen molar-refractivity contribution in [1.29, 1.82) is 0 Å². The van der Waals surface area contributed by atoms with E-state index in [9.17, 15) is 5.11 Å². The van der Waals surface area contributed by atoms with Gasteiger partial charge in [0.1, 0.15) is 6.33 Å². The van der Waals surface area contributed by atoms with E-state index in [2.05, 4.69) is 26.1 Å². The lowest BCUT2D eigenvalue weighted by molar-refractivity contribution is 0.276. The van der Waals surface area contributed by atoms with Gasteiger partial charge >= 0.3 is 0 Å². The minimum atomic E-state index is -0.170. The quantitative estimate of drug-likeness (QED) is 0.445. The molecular weight excluding hydrogens is 402 g/mol. The number of hydrogen-bond donors (Lipinski definition) is 2. The molecule has 0 unspecified atom stereocenters. The van der Waals surface area contributed by atoms with Gasteiger partial charge < -0.3 is 10.8 Å². The SMILES string of the molecule is C[C@H](N)c1cccc(-c2cc(-c3ccncn3)c3cnn(-c4cccc(CO)n4)c3c2)n1. The summed E-state index contributed by atoms with van der Waals surface area (Å²) in [7, 11) is 0. The summed E-state index contributed by atoms with van der Waals surface area (Å²) in [5.41, 5.74) is 11.7. The summed E-state index contributed by atoms with van der Waals surface area (Å²) in [4.78, 5) is 17.8. The van der Waals surface area contributed by atoms with Gasteiger partial charge in [-0.1, -0.05) is 12.1 Å². The number of aliphatic hydroxyl groups excluding tert-OH is 1. The van der Waals surface area contributed by atoms with Crippen LogP contribution in [0.2, 0.25) is 0 Å². The highest BCUT2D eigenvalue weighted by molar-refractivity contribution is 5.97. The summed E-state index contributed by atoms with van der Waals surface area (Å²) in [6.07, 6.45) is 5.04. The molecule has 0 saturated heterocycles. The van der Waals surface area contributed by atoms with Crippen LogP contribution in [0.4, 0.5) is 0 Å².